The Morgan fingerprint density at radius 2 is 2.14 bits per heavy atom. The van der Waals surface area contributed by atoms with Crippen LogP contribution in [0.2, 0.25) is 0 Å². The molecule has 0 saturated carbocycles. The zero-order valence-electron chi connectivity index (χ0n) is 15.7. The number of nitrogens with zero attached hydrogens (tertiary/aromatic N) is 2. The van der Waals surface area contributed by atoms with E-state index in [9.17, 15) is 4.79 Å². The molecule has 1 aliphatic rings. The van der Waals surface area contributed by atoms with Gasteiger partial charge < -0.3 is 4.74 Å². The largest absolute Gasteiger partial charge is 0.376 e. The molecule has 1 aromatic heterocycles. The Balaban J connectivity index is 1.65. The summed E-state index contributed by atoms with van der Waals surface area (Å²) in [6, 6.07) is 16.0. The second-order valence-corrected chi connectivity index (χ2v) is 8.49. The highest BCUT2D eigenvalue weighted by Crippen LogP contribution is 2.34. The van der Waals surface area contributed by atoms with Gasteiger partial charge in [-0.1, -0.05) is 47.7 Å². The second kappa shape index (κ2) is 8.90. The van der Waals surface area contributed by atoms with Crippen molar-refractivity contribution in [3.8, 4) is 0 Å². The molecule has 28 heavy (non-hydrogen) atoms. The number of hydrogen-bond donors (Lipinski definition) is 0. The molecule has 2 heterocycles. The Morgan fingerprint density at radius 1 is 1.29 bits per heavy atom. The number of anilines is 1. The number of hydrogen-bond acceptors (Lipinski definition) is 5. The van der Waals surface area contributed by atoms with Gasteiger partial charge in [-0.3, -0.25) is 9.69 Å². The van der Waals surface area contributed by atoms with Crippen LogP contribution in [0.25, 0.3) is 16.3 Å². The zero-order valence-corrected chi connectivity index (χ0v) is 17.3. The third-order valence-corrected chi connectivity index (χ3v) is 6.53. The molecule has 6 heteroatoms. The van der Waals surface area contributed by atoms with Crippen molar-refractivity contribution in [2.45, 2.75) is 23.8 Å². The highest BCUT2D eigenvalue weighted by molar-refractivity contribution is 7.98. The average Bonchev–Trinajstić information content (AvgIpc) is 3.40. The maximum Gasteiger partial charge on any atom is 0.252 e. The van der Waals surface area contributed by atoms with Crippen molar-refractivity contribution in [3.63, 3.8) is 0 Å². The molecular formula is C22H22N2O2S2. The third kappa shape index (κ3) is 4.29. The van der Waals surface area contributed by atoms with E-state index in [1.54, 1.807) is 34.1 Å². The molecule has 1 amide bonds. The van der Waals surface area contributed by atoms with Crippen LogP contribution in [0.4, 0.5) is 5.13 Å². The molecular weight excluding hydrogens is 388 g/mol. The fourth-order valence-electron chi connectivity index (χ4n) is 3.27. The van der Waals surface area contributed by atoms with Crippen molar-refractivity contribution in [1.82, 2.24) is 4.98 Å². The fraction of sp³-hybridized carbons (Fsp3) is 0.273. The van der Waals surface area contributed by atoms with Gasteiger partial charge in [-0.05, 0) is 42.9 Å². The molecule has 0 bridgehead atoms. The van der Waals surface area contributed by atoms with E-state index in [-0.39, 0.29) is 12.0 Å². The number of para-hydroxylation sites is 1. The minimum Gasteiger partial charge on any atom is -0.376 e. The first kappa shape index (κ1) is 19.2. The number of aromatic nitrogens is 1. The minimum atomic E-state index is -0.0656. The van der Waals surface area contributed by atoms with Crippen molar-refractivity contribution in [2.24, 2.45) is 0 Å². The Bertz CT molecular complexity index is 979. The molecule has 0 spiro atoms. The Morgan fingerprint density at radius 3 is 2.89 bits per heavy atom. The van der Waals surface area contributed by atoms with E-state index in [2.05, 4.69) is 12.1 Å². The molecule has 2 aromatic carbocycles. The molecule has 4 rings (SSSR count). The smallest absolute Gasteiger partial charge is 0.252 e. The normalized spacial score (nSPS) is 16.8. The van der Waals surface area contributed by atoms with Gasteiger partial charge in [-0.25, -0.2) is 4.98 Å². The molecule has 0 N–H and O–H groups in total. The lowest BCUT2D eigenvalue weighted by Crippen LogP contribution is -2.36. The molecule has 0 radical (unpaired) electrons. The van der Waals surface area contributed by atoms with Crippen LogP contribution in [0.1, 0.15) is 18.4 Å². The van der Waals surface area contributed by atoms with E-state index < -0.39 is 0 Å². The first-order valence-electron chi connectivity index (χ1n) is 9.34. The summed E-state index contributed by atoms with van der Waals surface area (Å²) in [4.78, 5) is 20.8. The van der Waals surface area contributed by atoms with E-state index in [1.807, 2.05) is 48.7 Å². The topological polar surface area (TPSA) is 42.4 Å². The highest BCUT2D eigenvalue weighted by atomic mass is 32.2. The number of amides is 1. The van der Waals surface area contributed by atoms with Gasteiger partial charge in [0.05, 0.1) is 22.9 Å². The second-order valence-electron chi connectivity index (χ2n) is 6.63. The SMILES string of the molecule is CSc1cccc2sc(N(C[C@H]3CCCO3)C(=O)/C=C/c3ccccc3)nc12. The lowest BCUT2D eigenvalue weighted by Gasteiger charge is -2.21. The van der Waals surface area contributed by atoms with Crippen LogP contribution < -0.4 is 4.90 Å². The number of carbonyl (C=O) groups excluding carboxylic acids is 1. The lowest BCUT2D eigenvalue weighted by atomic mass is 10.2. The van der Waals surface area contributed by atoms with Crippen molar-refractivity contribution in [3.05, 3.63) is 60.2 Å². The summed E-state index contributed by atoms with van der Waals surface area (Å²) in [7, 11) is 0. The quantitative estimate of drug-likeness (QED) is 0.411. The number of benzene rings is 2. The van der Waals surface area contributed by atoms with Crippen molar-refractivity contribution in [1.29, 1.82) is 0 Å². The molecule has 1 atom stereocenters. The van der Waals surface area contributed by atoms with Crippen molar-refractivity contribution < 1.29 is 9.53 Å². The summed E-state index contributed by atoms with van der Waals surface area (Å²) >= 11 is 3.23. The number of ether oxygens (including phenoxy) is 1. The van der Waals surface area contributed by atoms with Gasteiger partial charge >= 0.3 is 0 Å². The Labute approximate surface area is 173 Å². The Hall–Kier alpha value is -2.15. The van der Waals surface area contributed by atoms with Crippen LogP contribution in [0.15, 0.2) is 59.5 Å². The van der Waals surface area contributed by atoms with E-state index in [0.29, 0.717) is 6.54 Å². The average molecular weight is 411 g/mol. The molecule has 1 fully saturated rings. The predicted molar refractivity (Wildman–Crippen MR) is 118 cm³/mol. The van der Waals surface area contributed by atoms with E-state index >= 15 is 0 Å². The number of thiazole rings is 1. The van der Waals surface area contributed by atoms with Gasteiger partial charge in [0.1, 0.15) is 0 Å². The van der Waals surface area contributed by atoms with Crippen LogP contribution >= 0.6 is 23.1 Å². The summed E-state index contributed by atoms with van der Waals surface area (Å²) in [5.41, 5.74) is 1.97. The van der Waals surface area contributed by atoms with Crippen LogP contribution in [0.5, 0.6) is 0 Å². The zero-order chi connectivity index (χ0) is 19.3. The summed E-state index contributed by atoms with van der Waals surface area (Å²) in [6.07, 6.45) is 7.63. The molecule has 4 nitrogen and oxygen atoms in total. The van der Waals surface area contributed by atoms with Gasteiger partial charge in [0, 0.05) is 17.6 Å². The molecule has 1 saturated heterocycles. The first-order valence-corrected chi connectivity index (χ1v) is 11.4. The van der Waals surface area contributed by atoms with Crippen molar-refractivity contribution >= 4 is 50.4 Å². The minimum absolute atomic E-state index is 0.0656. The predicted octanol–water partition coefficient (Wildman–Crippen LogP) is 5.24. The number of rotatable bonds is 6. The van der Waals surface area contributed by atoms with E-state index in [4.69, 9.17) is 9.72 Å². The maximum atomic E-state index is 13.1. The van der Waals surface area contributed by atoms with Gasteiger partial charge in [-0.2, -0.15) is 0 Å². The fourth-order valence-corrected chi connectivity index (χ4v) is 4.90. The molecule has 3 aromatic rings. The summed E-state index contributed by atoms with van der Waals surface area (Å²) in [5.74, 6) is -0.0656. The monoisotopic (exact) mass is 410 g/mol. The van der Waals surface area contributed by atoms with E-state index in [0.717, 1.165) is 45.3 Å². The number of fused-ring (bicyclic) bond motifs is 1. The van der Waals surface area contributed by atoms with Gasteiger partial charge in [0.2, 0.25) is 0 Å². The van der Waals surface area contributed by atoms with Gasteiger partial charge in [0.15, 0.2) is 5.13 Å². The van der Waals surface area contributed by atoms with Gasteiger partial charge in [0.25, 0.3) is 5.91 Å². The highest BCUT2D eigenvalue weighted by Gasteiger charge is 2.25. The Kier molecular flexibility index (Phi) is 6.10. The number of thioether (sulfide) groups is 1. The maximum absolute atomic E-state index is 13.1. The summed E-state index contributed by atoms with van der Waals surface area (Å²) < 4.78 is 6.89. The lowest BCUT2D eigenvalue weighted by molar-refractivity contribution is -0.114. The van der Waals surface area contributed by atoms with Gasteiger partial charge in [-0.15, -0.1) is 11.8 Å². The van der Waals surface area contributed by atoms with Crippen LogP contribution in [-0.4, -0.2) is 36.4 Å². The van der Waals surface area contributed by atoms with Crippen LogP contribution in [0, 0.1) is 0 Å². The summed E-state index contributed by atoms with van der Waals surface area (Å²) in [6.45, 7) is 1.30. The molecule has 0 unspecified atom stereocenters. The van der Waals surface area contributed by atoms with E-state index in [1.165, 1.54) is 0 Å². The summed E-state index contributed by atoms with van der Waals surface area (Å²) in [5, 5.41) is 0.731. The first-order chi connectivity index (χ1) is 13.7. The van der Waals surface area contributed by atoms with Crippen LogP contribution in [-0.2, 0) is 9.53 Å². The molecule has 144 valence electrons. The third-order valence-electron chi connectivity index (χ3n) is 4.72. The van der Waals surface area contributed by atoms with Crippen molar-refractivity contribution in [2.75, 3.05) is 24.3 Å². The molecule has 1 aliphatic heterocycles. The number of carbonyl (C=O) groups is 1. The standard InChI is InChI=1S/C22H22N2O2S2/c1-27-18-10-5-11-19-21(18)23-22(28-19)24(15-17-9-6-14-26-17)20(25)13-12-16-7-3-2-4-8-16/h2-5,7-8,10-13,17H,6,9,14-15H2,1H3/b13-12+/t17-/m1/s1. The van der Waals surface area contributed by atoms with Crippen LogP contribution in [0.3, 0.4) is 0 Å². The molecule has 0 aliphatic carbocycles.